The van der Waals surface area contributed by atoms with Crippen LogP contribution in [0.1, 0.15) is 46.5 Å². The molecule has 1 aliphatic rings. The predicted molar refractivity (Wildman–Crippen MR) is 99.2 cm³/mol. The molecule has 0 unspecified atom stereocenters. The van der Waals surface area contributed by atoms with Crippen molar-refractivity contribution in [3.05, 3.63) is 0 Å². The number of piperidine rings is 1. The number of carbonyl (C=O) groups excluding carboxylic acids is 1. The molecule has 0 bridgehead atoms. The Labute approximate surface area is 147 Å². The van der Waals surface area contributed by atoms with Gasteiger partial charge in [0, 0.05) is 39.7 Å². The maximum atomic E-state index is 11.5. The van der Waals surface area contributed by atoms with E-state index in [-0.39, 0.29) is 5.91 Å². The fourth-order valence-corrected chi connectivity index (χ4v) is 2.78. The zero-order valence-electron chi connectivity index (χ0n) is 15.9. The van der Waals surface area contributed by atoms with Crippen molar-refractivity contribution in [2.75, 3.05) is 46.4 Å². The number of nitrogens with zero attached hydrogens (tertiary/aromatic N) is 2. The molecule has 0 aliphatic carbocycles. The van der Waals surface area contributed by atoms with E-state index in [0.29, 0.717) is 31.4 Å². The van der Waals surface area contributed by atoms with E-state index in [9.17, 15) is 4.79 Å². The van der Waals surface area contributed by atoms with Crippen LogP contribution < -0.4 is 10.6 Å². The molecular formula is C18H36N4O2. The Morgan fingerprint density at radius 2 is 2.00 bits per heavy atom. The molecule has 2 N–H and O–H groups in total. The first-order valence-corrected chi connectivity index (χ1v) is 9.38. The van der Waals surface area contributed by atoms with Gasteiger partial charge < -0.3 is 20.3 Å². The van der Waals surface area contributed by atoms with Gasteiger partial charge in [0.15, 0.2) is 5.96 Å². The third-order valence-corrected chi connectivity index (χ3v) is 4.34. The van der Waals surface area contributed by atoms with Crippen molar-refractivity contribution in [1.29, 1.82) is 0 Å². The molecule has 0 spiro atoms. The van der Waals surface area contributed by atoms with Gasteiger partial charge in [-0.25, -0.2) is 0 Å². The van der Waals surface area contributed by atoms with Gasteiger partial charge in [-0.2, -0.15) is 0 Å². The molecule has 1 fully saturated rings. The number of carbonyl (C=O) groups is 1. The summed E-state index contributed by atoms with van der Waals surface area (Å²) in [6, 6.07) is 0. The lowest BCUT2D eigenvalue weighted by molar-refractivity contribution is -0.121. The summed E-state index contributed by atoms with van der Waals surface area (Å²) >= 11 is 0. The van der Waals surface area contributed by atoms with Crippen LogP contribution in [0.4, 0.5) is 0 Å². The zero-order valence-corrected chi connectivity index (χ0v) is 15.9. The molecule has 1 saturated heterocycles. The molecule has 24 heavy (non-hydrogen) atoms. The van der Waals surface area contributed by atoms with E-state index in [1.165, 1.54) is 0 Å². The second kappa shape index (κ2) is 12.1. The Hall–Kier alpha value is -1.30. The van der Waals surface area contributed by atoms with E-state index in [0.717, 1.165) is 51.5 Å². The highest BCUT2D eigenvalue weighted by Gasteiger charge is 2.22. The lowest BCUT2D eigenvalue weighted by atomic mass is 9.93. The Morgan fingerprint density at radius 3 is 2.58 bits per heavy atom. The number of amides is 1. The first kappa shape index (κ1) is 20.7. The van der Waals surface area contributed by atoms with Gasteiger partial charge in [-0.1, -0.05) is 13.8 Å². The third-order valence-electron chi connectivity index (χ3n) is 4.34. The van der Waals surface area contributed by atoms with Crippen LogP contribution in [0.5, 0.6) is 0 Å². The lowest BCUT2D eigenvalue weighted by Gasteiger charge is -2.34. The molecule has 1 heterocycles. The van der Waals surface area contributed by atoms with Crippen molar-refractivity contribution in [3.8, 4) is 0 Å². The summed E-state index contributed by atoms with van der Waals surface area (Å²) in [5.41, 5.74) is 0. The Balaban J connectivity index is 2.34. The predicted octanol–water partition coefficient (Wildman–Crippen LogP) is 1.86. The number of guanidine groups is 1. The maximum Gasteiger partial charge on any atom is 0.220 e. The Morgan fingerprint density at radius 1 is 1.29 bits per heavy atom. The van der Waals surface area contributed by atoms with Crippen LogP contribution in [0.3, 0.4) is 0 Å². The molecule has 6 heteroatoms. The highest BCUT2D eigenvalue weighted by atomic mass is 16.5. The van der Waals surface area contributed by atoms with Gasteiger partial charge in [-0.05, 0) is 38.0 Å². The van der Waals surface area contributed by atoms with Crippen LogP contribution in [-0.2, 0) is 9.53 Å². The van der Waals surface area contributed by atoms with Crippen LogP contribution in [0.15, 0.2) is 4.99 Å². The monoisotopic (exact) mass is 340 g/mol. The van der Waals surface area contributed by atoms with Crippen molar-refractivity contribution in [2.45, 2.75) is 46.5 Å². The van der Waals surface area contributed by atoms with Crippen molar-refractivity contribution >= 4 is 11.9 Å². The summed E-state index contributed by atoms with van der Waals surface area (Å²) in [7, 11) is 1.70. The normalized spacial score (nSPS) is 16.5. The van der Waals surface area contributed by atoms with Gasteiger partial charge in [0.2, 0.25) is 5.91 Å². The number of hydrogen-bond acceptors (Lipinski definition) is 3. The van der Waals surface area contributed by atoms with E-state index in [1.807, 2.05) is 0 Å². The molecule has 0 aromatic carbocycles. The van der Waals surface area contributed by atoms with E-state index in [4.69, 9.17) is 4.74 Å². The fourth-order valence-electron chi connectivity index (χ4n) is 2.78. The quantitative estimate of drug-likeness (QED) is 0.382. The van der Waals surface area contributed by atoms with E-state index in [2.05, 4.69) is 41.3 Å². The van der Waals surface area contributed by atoms with Crippen molar-refractivity contribution < 1.29 is 9.53 Å². The SMILES string of the molecule is CCNC(=NCCOCCC(C)C)N1CCC(CC(=O)NC)CC1. The Kier molecular flexibility index (Phi) is 10.5. The van der Waals surface area contributed by atoms with Crippen molar-refractivity contribution in [2.24, 2.45) is 16.8 Å². The minimum atomic E-state index is 0.146. The molecule has 0 aromatic rings. The molecule has 0 aromatic heterocycles. The number of likely N-dealkylation sites (tertiary alicyclic amines) is 1. The third kappa shape index (κ3) is 8.52. The molecule has 0 atom stereocenters. The standard InChI is InChI=1S/C18H36N4O2/c1-5-20-18(21-9-13-24-12-8-15(2)3)22-10-6-16(7-11-22)14-17(23)19-4/h15-16H,5-14H2,1-4H3,(H,19,23)(H,20,21). The van der Waals surface area contributed by atoms with Gasteiger partial charge in [-0.15, -0.1) is 0 Å². The van der Waals surface area contributed by atoms with E-state index in [1.54, 1.807) is 7.05 Å². The van der Waals surface area contributed by atoms with Crippen LogP contribution in [-0.4, -0.2) is 63.2 Å². The largest absolute Gasteiger partial charge is 0.380 e. The molecule has 1 rings (SSSR count). The van der Waals surface area contributed by atoms with Gasteiger partial charge in [0.1, 0.15) is 0 Å². The lowest BCUT2D eigenvalue weighted by Crippen LogP contribution is -2.46. The average Bonchev–Trinajstić information content (AvgIpc) is 2.57. The van der Waals surface area contributed by atoms with E-state index >= 15 is 0 Å². The van der Waals surface area contributed by atoms with Crippen LogP contribution in [0, 0.1) is 11.8 Å². The number of hydrogen-bond donors (Lipinski definition) is 2. The minimum Gasteiger partial charge on any atom is -0.380 e. The van der Waals surface area contributed by atoms with Gasteiger partial charge in [-0.3, -0.25) is 9.79 Å². The van der Waals surface area contributed by atoms with Crippen LogP contribution >= 0.6 is 0 Å². The smallest absolute Gasteiger partial charge is 0.220 e. The zero-order chi connectivity index (χ0) is 17.8. The number of ether oxygens (including phenoxy) is 1. The number of aliphatic imine (C=N–C) groups is 1. The maximum absolute atomic E-state index is 11.5. The summed E-state index contributed by atoms with van der Waals surface area (Å²) in [5.74, 6) is 2.29. The second-order valence-electron chi connectivity index (χ2n) is 6.84. The Bertz CT molecular complexity index is 377. The van der Waals surface area contributed by atoms with Crippen LogP contribution in [0.25, 0.3) is 0 Å². The first-order valence-electron chi connectivity index (χ1n) is 9.38. The summed E-state index contributed by atoms with van der Waals surface area (Å²) < 4.78 is 5.64. The molecule has 140 valence electrons. The van der Waals surface area contributed by atoms with Crippen molar-refractivity contribution in [1.82, 2.24) is 15.5 Å². The highest BCUT2D eigenvalue weighted by molar-refractivity contribution is 5.80. The van der Waals surface area contributed by atoms with E-state index < -0.39 is 0 Å². The number of rotatable bonds is 9. The topological polar surface area (TPSA) is 66.0 Å². The summed E-state index contributed by atoms with van der Waals surface area (Å²) in [6.07, 6.45) is 3.83. The van der Waals surface area contributed by atoms with Crippen molar-refractivity contribution in [3.63, 3.8) is 0 Å². The first-order chi connectivity index (χ1) is 11.6. The average molecular weight is 341 g/mol. The summed E-state index contributed by atoms with van der Waals surface area (Å²) in [6.45, 7) is 11.5. The van der Waals surface area contributed by atoms with Gasteiger partial charge in [0.05, 0.1) is 13.2 Å². The second-order valence-corrected chi connectivity index (χ2v) is 6.84. The molecule has 0 radical (unpaired) electrons. The van der Waals surface area contributed by atoms with Crippen LogP contribution in [0.2, 0.25) is 0 Å². The highest BCUT2D eigenvalue weighted by Crippen LogP contribution is 2.20. The van der Waals surface area contributed by atoms with Gasteiger partial charge in [0.25, 0.3) is 0 Å². The summed E-state index contributed by atoms with van der Waals surface area (Å²) in [4.78, 5) is 18.5. The molecule has 1 amide bonds. The van der Waals surface area contributed by atoms with Gasteiger partial charge >= 0.3 is 0 Å². The fraction of sp³-hybridized carbons (Fsp3) is 0.889. The molecule has 6 nitrogen and oxygen atoms in total. The minimum absolute atomic E-state index is 0.146. The molecule has 1 aliphatic heterocycles. The molecule has 0 saturated carbocycles. The number of nitrogens with one attached hydrogen (secondary N) is 2. The summed E-state index contributed by atoms with van der Waals surface area (Å²) in [5, 5.41) is 6.08. The molecular weight excluding hydrogens is 304 g/mol.